The zero-order valence-electron chi connectivity index (χ0n) is 12.7. The molecule has 0 saturated carbocycles. The second kappa shape index (κ2) is 5.13. The number of ketones is 1. The SMILES string of the molecule is N#Cc1cnn2c1NC1=C(C(=O)CCC1)C2c1ccc(O)c(O)c1. The van der Waals surface area contributed by atoms with Crippen molar-refractivity contribution in [1.29, 1.82) is 5.26 Å². The average molecular weight is 322 g/mol. The molecule has 1 aliphatic carbocycles. The normalized spacial score (nSPS) is 19.3. The number of Topliss-reactive ketones (excluding diaryl/α,β-unsaturated/α-hetero) is 1. The van der Waals surface area contributed by atoms with Gasteiger partial charge in [-0.2, -0.15) is 10.4 Å². The van der Waals surface area contributed by atoms with E-state index in [9.17, 15) is 20.3 Å². The number of carbonyl (C=O) groups excluding carboxylic acids is 1. The Bertz CT molecular complexity index is 936. The molecular formula is C17H14N4O3. The zero-order valence-corrected chi connectivity index (χ0v) is 12.7. The number of aromatic hydroxyl groups is 2. The highest BCUT2D eigenvalue weighted by atomic mass is 16.3. The fraction of sp³-hybridized carbons (Fsp3) is 0.235. The zero-order chi connectivity index (χ0) is 16.8. The van der Waals surface area contributed by atoms with Crippen molar-refractivity contribution in [2.24, 2.45) is 0 Å². The molecule has 4 rings (SSSR count). The molecule has 120 valence electrons. The summed E-state index contributed by atoms with van der Waals surface area (Å²) in [6.07, 6.45) is 3.40. The number of nitrogens with zero attached hydrogens (tertiary/aromatic N) is 3. The van der Waals surface area contributed by atoms with E-state index in [2.05, 4.69) is 16.5 Å². The number of rotatable bonds is 1. The highest BCUT2D eigenvalue weighted by molar-refractivity contribution is 5.99. The smallest absolute Gasteiger partial charge is 0.163 e. The van der Waals surface area contributed by atoms with Gasteiger partial charge >= 0.3 is 0 Å². The van der Waals surface area contributed by atoms with E-state index in [4.69, 9.17) is 0 Å². The topological polar surface area (TPSA) is 111 Å². The van der Waals surface area contributed by atoms with Crippen LogP contribution in [0.2, 0.25) is 0 Å². The summed E-state index contributed by atoms with van der Waals surface area (Å²) in [5, 5.41) is 36.1. The lowest BCUT2D eigenvalue weighted by Gasteiger charge is -2.33. The molecule has 0 spiro atoms. The largest absolute Gasteiger partial charge is 0.504 e. The predicted octanol–water partition coefficient (Wildman–Crippen LogP) is 2.19. The number of hydrogen-bond acceptors (Lipinski definition) is 6. The molecule has 1 aromatic heterocycles. The Balaban J connectivity index is 1.95. The van der Waals surface area contributed by atoms with Gasteiger partial charge in [-0.3, -0.25) is 4.79 Å². The second-order valence-electron chi connectivity index (χ2n) is 5.91. The van der Waals surface area contributed by atoms with Gasteiger partial charge in [0.15, 0.2) is 17.3 Å². The van der Waals surface area contributed by atoms with Gasteiger partial charge in [-0.1, -0.05) is 6.07 Å². The van der Waals surface area contributed by atoms with Crippen molar-refractivity contribution in [1.82, 2.24) is 9.78 Å². The first kappa shape index (κ1) is 14.3. The van der Waals surface area contributed by atoms with Gasteiger partial charge in [0, 0.05) is 17.7 Å². The Morgan fingerprint density at radius 1 is 1.29 bits per heavy atom. The average Bonchev–Trinajstić information content (AvgIpc) is 2.98. The third-order valence-electron chi connectivity index (χ3n) is 4.47. The molecule has 2 aromatic rings. The first-order chi connectivity index (χ1) is 11.6. The fourth-order valence-corrected chi connectivity index (χ4v) is 3.36. The van der Waals surface area contributed by atoms with Crippen LogP contribution in [-0.4, -0.2) is 25.8 Å². The van der Waals surface area contributed by atoms with Crippen LogP contribution in [0.4, 0.5) is 5.82 Å². The highest BCUT2D eigenvalue weighted by Gasteiger charge is 2.36. The summed E-state index contributed by atoms with van der Waals surface area (Å²) in [5.41, 5.74) is 2.43. The lowest BCUT2D eigenvalue weighted by Crippen LogP contribution is -2.31. The number of nitrogens with one attached hydrogen (secondary N) is 1. The number of nitriles is 1. The maximum absolute atomic E-state index is 12.5. The monoisotopic (exact) mass is 322 g/mol. The lowest BCUT2D eigenvalue weighted by molar-refractivity contribution is -0.116. The third kappa shape index (κ3) is 1.97. The number of hydrogen-bond donors (Lipinski definition) is 3. The molecule has 3 N–H and O–H groups in total. The molecule has 24 heavy (non-hydrogen) atoms. The first-order valence-electron chi connectivity index (χ1n) is 7.63. The minimum Gasteiger partial charge on any atom is -0.504 e. The van der Waals surface area contributed by atoms with Crippen LogP contribution >= 0.6 is 0 Å². The van der Waals surface area contributed by atoms with Crippen LogP contribution in [0.15, 0.2) is 35.7 Å². The van der Waals surface area contributed by atoms with Crippen molar-refractivity contribution in [3.63, 3.8) is 0 Å². The number of allylic oxidation sites excluding steroid dienone is 2. The Morgan fingerprint density at radius 3 is 2.88 bits per heavy atom. The summed E-state index contributed by atoms with van der Waals surface area (Å²) in [7, 11) is 0. The Hall–Kier alpha value is -3.27. The molecule has 7 heteroatoms. The van der Waals surface area contributed by atoms with E-state index in [1.54, 1.807) is 10.7 Å². The van der Waals surface area contributed by atoms with Crippen molar-refractivity contribution in [3.8, 4) is 17.6 Å². The maximum Gasteiger partial charge on any atom is 0.163 e. The van der Waals surface area contributed by atoms with E-state index in [0.29, 0.717) is 28.9 Å². The van der Waals surface area contributed by atoms with Gasteiger partial charge in [0.2, 0.25) is 0 Å². The molecular weight excluding hydrogens is 308 g/mol. The van der Waals surface area contributed by atoms with Gasteiger partial charge in [-0.15, -0.1) is 0 Å². The number of phenols is 2. The van der Waals surface area contributed by atoms with Crippen LogP contribution in [0.25, 0.3) is 0 Å². The summed E-state index contributed by atoms with van der Waals surface area (Å²) in [6, 6.07) is 6.02. The number of anilines is 1. The molecule has 0 fully saturated rings. The Labute approximate surface area is 137 Å². The quantitative estimate of drug-likeness (QED) is 0.694. The number of benzene rings is 1. The third-order valence-corrected chi connectivity index (χ3v) is 4.47. The number of aromatic nitrogens is 2. The van der Waals surface area contributed by atoms with E-state index in [1.807, 2.05) is 0 Å². The molecule has 0 amide bonds. The van der Waals surface area contributed by atoms with Gasteiger partial charge in [-0.05, 0) is 30.5 Å². The molecule has 2 heterocycles. The lowest BCUT2D eigenvalue weighted by atomic mass is 9.85. The van der Waals surface area contributed by atoms with Gasteiger partial charge in [-0.25, -0.2) is 4.68 Å². The molecule has 2 aliphatic rings. The van der Waals surface area contributed by atoms with E-state index in [0.717, 1.165) is 18.5 Å². The van der Waals surface area contributed by atoms with Crippen LogP contribution in [-0.2, 0) is 4.79 Å². The molecule has 7 nitrogen and oxygen atoms in total. The second-order valence-corrected chi connectivity index (χ2v) is 5.91. The Morgan fingerprint density at radius 2 is 2.12 bits per heavy atom. The van der Waals surface area contributed by atoms with Crippen LogP contribution in [0.5, 0.6) is 11.5 Å². The van der Waals surface area contributed by atoms with Crippen LogP contribution in [0.1, 0.15) is 36.4 Å². The van der Waals surface area contributed by atoms with Crippen molar-refractivity contribution in [2.45, 2.75) is 25.3 Å². The van der Waals surface area contributed by atoms with Gasteiger partial charge in [0.05, 0.1) is 6.20 Å². The molecule has 0 radical (unpaired) electrons. The summed E-state index contributed by atoms with van der Waals surface area (Å²) < 4.78 is 1.59. The molecule has 1 aliphatic heterocycles. The maximum atomic E-state index is 12.5. The number of phenolic OH excluding ortho intramolecular Hbond substituents is 2. The fourth-order valence-electron chi connectivity index (χ4n) is 3.36. The van der Waals surface area contributed by atoms with Gasteiger partial charge in [0.25, 0.3) is 0 Å². The number of carbonyl (C=O) groups is 1. The van der Waals surface area contributed by atoms with Crippen molar-refractivity contribution < 1.29 is 15.0 Å². The summed E-state index contributed by atoms with van der Waals surface area (Å²) in [6.45, 7) is 0. The van der Waals surface area contributed by atoms with Crippen molar-refractivity contribution in [2.75, 3.05) is 5.32 Å². The molecule has 0 bridgehead atoms. The number of fused-ring (bicyclic) bond motifs is 1. The summed E-state index contributed by atoms with van der Waals surface area (Å²) in [4.78, 5) is 12.5. The van der Waals surface area contributed by atoms with E-state index in [1.165, 1.54) is 18.3 Å². The van der Waals surface area contributed by atoms with Crippen molar-refractivity contribution in [3.05, 3.63) is 46.8 Å². The Kier molecular flexibility index (Phi) is 3.06. The summed E-state index contributed by atoms with van der Waals surface area (Å²) >= 11 is 0. The predicted molar refractivity (Wildman–Crippen MR) is 84.4 cm³/mol. The van der Waals surface area contributed by atoms with Gasteiger partial charge in [0.1, 0.15) is 23.5 Å². The van der Waals surface area contributed by atoms with E-state index < -0.39 is 6.04 Å². The van der Waals surface area contributed by atoms with E-state index >= 15 is 0 Å². The molecule has 1 aromatic carbocycles. The van der Waals surface area contributed by atoms with Crippen LogP contribution in [0.3, 0.4) is 0 Å². The molecule has 1 unspecified atom stereocenters. The summed E-state index contributed by atoms with van der Waals surface area (Å²) in [5.74, 6) is 0.0883. The van der Waals surface area contributed by atoms with E-state index in [-0.39, 0.29) is 17.3 Å². The van der Waals surface area contributed by atoms with Gasteiger partial charge < -0.3 is 15.5 Å². The molecule has 1 atom stereocenters. The van der Waals surface area contributed by atoms with Crippen LogP contribution in [0, 0.1) is 11.3 Å². The highest BCUT2D eigenvalue weighted by Crippen LogP contribution is 2.42. The standard InChI is InChI=1S/C17H14N4O3/c18-7-10-8-19-21-16(9-4-5-12(22)14(24)6-9)15-11(20-17(10)21)2-1-3-13(15)23/h4-6,8,16,20,22,24H,1-3H2. The molecule has 0 saturated heterocycles. The minimum absolute atomic E-state index is 0.0287. The minimum atomic E-state index is -0.530. The van der Waals surface area contributed by atoms with Crippen molar-refractivity contribution >= 4 is 11.6 Å². The van der Waals surface area contributed by atoms with Crippen LogP contribution < -0.4 is 5.32 Å². The first-order valence-corrected chi connectivity index (χ1v) is 7.63.